The average Bonchev–Trinajstić information content (AvgIpc) is 3.09. The highest BCUT2D eigenvalue weighted by molar-refractivity contribution is 6.04. The van der Waals surface area contributed by atoms with Crippen LogP contribution in [0, 0.1) is 10.1 Å². The smallest absolute Gasteiger partial charge is 0.271 e. The van der Waals surface area contributed by atoms with Crippen molar-refractivity contribution >= 4 is 17.3 Å². The van der Waals surface area contributed by atoms with E-state index in [9.17, 15) is 14.9 Å². The standard InChI is InChI=1S/C17H13N3O3/c21-17(18-14-4-3-5-16(12-14)20(22)23)13-6-8-15(9-7-13)19-10-1-2-11-19/h1-12H,(H,18,21). The molecule has 114 valence electrons. The minimum absolute atomic E-state index is 0.0641. The van der Waals surface area contributed by atoms with Crippen LogP contribution in [0.2, 0.25) is 0 Å². The maximum Gasteiger partial charge on any atom is 0.271 e. The molecule has 6 nitrogen and oxygen atoms in total. The highest BCUT2D eigenvalue weighted by Crippen LogP contribution is 2.18. The molecule has 0 atom stereocenters. The average molecular weight is 307 g/mol. The largest absolute Gasteiger partial charge is 0.324 e. The Labute approximate surface area is 132 Å². The number of anilines is 1. The van der Waals surface area contributed by atoms with Crippen molar-refractivity contribution in [3.8, 4) is 5.69 Å². The third-order valence-electron chi connectivity index (χ3n) is 3.35. The van der Waals surface area contributed by atoms with Gasteiger partial charge in [-0.15, -0.1) is 0 Å². The molecular formula is C17H13N3O3. The Morgan fingerprint density at radius 3 is 2.35 bits per heavy atom. The molecule has 3 rings (SSSR count). The van der Waals surface area contributed by atoms with Crippen LogP contribution in [0.5, 0.6) is 0 Å². The number of non-ortho nitro benzene ring substituents is 1. The number of hydrogen-bond acceptors (Lipinski definition) is 3. The van der Waals surface area contributed by atoms with E-state index >= 15 is 0 Å². The summed E-state index contributed by atoms with van der Waals surface area (Å²) >= 11 is 0. The normalized spacial score (nSPS) is 10.3. The molecule has 0 aliphatic heterocycles. The molecule has 1 amide bonds. The number of hydrogen-bond donors (Lipinski definition) is 1. The van der Waals surface area contributed by atoms with Gasteiger partial charge in [-0.3, -0.25) is 14.9 Å². The van der Waals surface area contributed by atoms with E-state index < -0.39 is 4.92 Å². The number of amides is 1. The number of rotatable bonds is 4. The fraction of sp³-hybridized carbons (Fsp3) is 0. The first kappa shape index (κ1) is 14.5. The Morgan fingerprint density at radius 2 is 1.70 bits per heavy atom. The summed E-state index contributed by atoms with van der Waals surface area (Å²) in [6.45, 7) is 0. The van der Waals surface area contributed by atoms with Gasteiger partial charge in [0, 0.05) is 41.5 Å². The number of aromatic nitrogens is 1. The van der Waals surface area contributed by atoms with Gasteiger partial charge < -0.3 is 9.88 Å². The summed E-state index contributed by atoms with van der Waals surface area (Å²) in [5, 5.41) is 13.4. The van der Waals surface area contributed by atoms with Crippen molar-refractivity contribution in [1.29, 1.82) is 0 Å². The Bertz CT molecular complexity index is 840. The third-order valence-corrected chi connectivity index (χ3v) is 3.35. The quantitative estimate of drug-likeness (QED) is 0.590. The first-order chi connectivity index (χ1) is 11.1. The molecule has 0 fully saturated rings. The van der Waals surface area contributed by atoms with Crippen molar-refractivity contribution in [3.63, 3.8) is 0 Å². The molecular weight excluding hydrogens is 294 g/mol. The van der Waals surface area contributed by atoms with Gasteiger partial charge >= 0.3 is 0 Å². The van der Waals surface area contributed by atoms with E-state index in [1.54, 1.807) is 18.2 Å². The van der Waals surface area contributed by atoms with E-state index in [1.807, 2.05) is 41.2 Å². The number of nitrogens with zero attached hydrogens (tertiary/aromatic N) is 2. The molecule has 1 heterocycles. The molecule has 0 aliphatic rings. The molecule has 0 aliphatic carbocycles. The van der Waals surface area contributed by atoms with Gasteiger partial charge in [0.15, 0.2) is 0 Å². The monoisotopic (exact) mass is 307 g/mol. The lowest BCUT2D eigenvalue weighted by molar-refractivity contribution is -0.384. The van der Waals surface area contributed by atoms with Gasteiger partial charge in [0.1, 0.15) is 0 Å². The van der Waals surface area contributed by atoms with Crippen LogP contribution in [-0.4, -0.2) is 15.4 Å². The topological polar surface area (TPSA) is 77.2 Å². The lowest BCUT2D eigenvalue weighted by Crippen LogP contribution is -2.12. The predicted molar refractivity (Wildman–Crippen MR) is 86.8 cm³/mol. The Hall–Kier alpha value is -3.41. The van der Waals surface area contributed by atoms with Crippen LogP contribution in [-0.2, 0) is 0 Å². The molecule has 2 aromatic carbocycles. The molecule has 3 aromatic rings. The molecule has 1 aromatic heterocycles. The summed E-state index contributed by atoms with van der Waals surface area (Å²) in [4.78, 5) is 22.5. The van der Waals surface area contributed by atoms with Crippen LogP contribution in [0.25, 0.3) is 5.69 Å². The molecule has 0 radical (unpaired) electrons. The molecule has 1 N–H and O–H groups in total. The zero-order chi connectivity index (χ0) is 16.2. The van der Waals surface area contributed by atoms with Crippen LogP contribution < -0.4 is 5.32 Å². The van der Waals surface area contributed by atoms with Crippen molar-refractivity contribution in [2.45, 2.75) is 0 Å². The van der Waals surface area contributed by atoms with Crippen molar-refractivity contribution in [1.82, 2.24) is 4.57 Å². The van der Waals surface area contributed by atoms with Gasteiger partial charge in [-0.05, 0) is 42.5 Å². The molecule has 0 spiro atoms. The fourth-order valence-electron chi connectivity index (χ4n) is 2.19. The maximum atomic E-state index is 12.2. The van der Waals surface area contributed by atoms with Gasteiger partial charge in [-0.25, -0.2) is 0 Å². The highest BCUT2D eigenvalue weighted by Gasteiger charge is 2.10. The van der Waals surface area contributed by atoms with Crippen LogP contribution in [0.3, 0.4) is 0 Å². The van der Waals surface area contributed by atoms with E-state index in [0.717, 1.165) is 5.69 Å². The van der Waals surface area contributed by atoms with E-state index in [4.69, 9.17) is 0 Å². The number of carbonyl (C=O) groups excluding carboxylic acids is 1. The van der Waals surface area contributed by atoms with Gasteiger partial charge in [-0.1, -0.05) is 6.07 Å². The summed E-state index contributed by atoms with van der Waals surface area (Å²) in [6, 6.07) is 16.8. The molecule has 0 saturated carbocycles. The van der Waals surface area contributed by atoms with Crippen molar-refractivity contribution in [2.75, 3.05) is 5.32 Å². The number of benzene rings is 2. The zero-order valence-corrected chi connectivity index (χ0v) is 12.0. The van der Waals surface area contributed by atoms with Crippen LogP contribution >= 0.6 is 0 Å². The second-order valence-corrected chi connectivity index (χ2v) is 4.90. The van der Waals surface area contributed by atoms with E-state index in [2.05, 4.69) is 5.32 Å². The maximum absolute atomic E-state index is 12.2. The van der Waals surface area contributed by atoms with Gasteiger partial charge in [0.05, 0.1) is 4.92 Å². The van der Waals surface area contributed by atoms with Gasteiger partial charge in [0.25, 0.3) is 11.6 Å². The van der Waals surface area contributed by atoms with Crippen LogP contribution in [0.1, 0.15) is 10.4 Å². The number of nitro benzene ring substituents is 1. The van der Waals surface area contributed by atoms with E-state index in [-0.39, 0.29) is 11.6 Å². The molecule has 0 bridgehead atoms. The molecule has 0 unspecified atom stereocenters. The van der Waals surface area contributed by atoms with E-state index in [1.165, 1.54) is 18.2 Å². The molecule has 0 saturated heterocycles. The molecule has 6 heteroatoms. The summed E-state index contributed by atoms with van der Waals surface area (Å²) in [5.74, 6) is -0.315. The molecule has 23 heavy (non-hydrogen) atoms. The first-order valence-electron chi connectivity index (χ1n) is 6.93. The first-order valence-corrected chi connectivity index (χ1v) is 6.93. The Balaban J connectivity index is 1.76. The second kappa shape index (κ2) is 6.15. The van der Waals surface area contributed by atoms with Crippen molar-refractivity contribution in [2.24, 2.45) is 0 Å². The van der Waals surface area contributed by atoms with Crippen LogP contribution in [0.15, 0.2) is 73.1 Å². The SMILES string of the molecule is O=C(Nc1cccc([N+](=O)[O-])c1)c1ccc(-n2cccc2)cc1. The highest BCUT2D eigenvalue weighted by atomic mass is 16.6. The lowest BCUT2D eigenvalue weighted by Gasteiger charge is -2.07. The summed E-state index contributed by atoms with van der Waals surface area (Å²) in [7, 11) is 0. The summed E-state index contributed by atoms with van der Waals surface area (Å²) in [6.07, 6.45) is 3.83. The second-order valence-electron chi connectivity index (χ2n) is 4.90. The summed E-state index contributed by atoms with van der Waals surface area (Å²) < 4.78 is 1.93. The fourth-order valence-corrected chi connectivity index (χ4v) is 2.19. The third kappa shape index (κ3) is 3.26. The van der Waals surface area contributed by atoms with Gasteiger partial charge in [-0.2, -0.15) is 0 Å². The predicted octanol–water partition coefficient (Wildman–Crippen LogP) is 3.64. The minimum Gasteiger partial charge on any atom is -0.324 e. The zero-order valence-electron chi connectivity index (χ0n) is 12.0. The minimum atomic E-state index is -0.498. The van der Waals surface area contributed by atoms with Crippen molar-refractivity contribution < 1.29 is 9.72 Å². The van der Waals surface area contributed by atoms with Gasteiger partial charge in [0.2, 0.25) is 0 Å². The van der Waals surface area contributed by atoms with Crippen LogP contribution in [0.4, 0.5) is 11.4 Å². The number of nitro groups is 1. The Kier molecular flexibility index (Phi) is 3.88. The summed E-state index contributed by atoms with van der Waals surface area (Å²) in [5.41, 5.74) is 1.75. The van der Waals surface area contributed by atoms with Crippen molar-refractivity contribution in [3.05, 3.63) is 88.7 Å². The Morgan fingerprint density at radius 1 is 1.00 bits per heavy atom. The van der Waals surface area contributed by atoms with E-state index in [0.29, 0.717) is 11.3 Å². The lowest BCUT2D eigenvalue weighted by atomic mass is 10.2. The number of nitrogens with one attached hydrogen (secondary N) is 1. The number of carbonyl (C=O) groups is 1.